The molecule has 1 aliphatic rings. The van der Waals surface area contributed by atoms with Crippen LogP contribution in [0.3, 0.4) is 0 Å². The molecule has 2 amide bonds. The van der Waals surface area contributed by atoms with Crippen molar-refractivity contribution in [3.8, 4) is 0 Å². The third-order valence-electron chi connectivity index (χ3n) is 3.92. The lowest BCUT2D eigenvalue weighted by Crippen LogP contribution is -2.53. The summed E-state index contributed by atoms with van der Waals surface area (Å²) in [7, 11) is 0. The highest BCUT2D eigenvalue weighted by Crippen LogP contribution is 2.24. The van der Waals surface area contributed by atoms with Crippen molar-refractivity contribution < 1.29 is 19.5 Å². The van der Waals surface area contributed by atoms with Gasteiger partial charge in [-0.1, -0.05) is 18.2 Å². The lowest BCUT2D eigenvalue weighted by Gasteiger charge is -2.27. The average molecular weight is 356 g/mol. The van der Waals surface area contributed by atoms with E-state index in [0.29, 0.717) is 17.6 Å². The number of hydrogen-bond acceptors (Lipinski definition) is 5. The number of carbonyl (C=O) groups is 3. The second-order valence-electron chi connectivity index (χ2n) is 5.47. The van der Waals surface area contributed by atoms with E-state index < -0.39 is 17.8 Å². The fraction of sp³-hybridized carbons (Fsp3) is 0.176. The summed E-state index contributed by atoms with van der Waals surface area (Å²) in [6, 6.07) is 7.13. The molecule has 1 aliphatic heterocycles. The lowest BCUT2D eigenvalue weighted by atomic mass is 10.1. The van der Waals surface area contributed by atoms with E-state index in [1.54, 1.807) is 37.4 Å². The van der Waals surface area contributed by atoms with Crippen LogP contribution in [0, 0.1) is 0 Å². The van der Waals surface area contributed by atoms with Gasteiger partial charge in [-0.2, -0.15) is 0 Å². The summed E-state index contributed by atoms with van der Waals surface area (Å²) in [5.41, 5.74) is 1.19. The molecule has 0 atom stereocenters. The number of nitrogens with zero attached hydrogens (tertiary/aromatic N) is 2. The zero-order chi connectivity index (χ0) is 18.1. The zero-order valence-electron chi connectivity index (χ0n) is 13.3. The van der Waals surface area contributed by atoms with Gasteiger partial charge in [0.1, 0.15) is 5.57 Å². The van der Waals surface area contributed by atoms with E-state index in [1.165, 1.54) is 15.5 Å². The van der Waals surface area contributed by atoms with E-state index in [1.807, 2.05) is 0 Å². The molecule has 0 bridgehead atoms. The largest absolute Gasteiger partial charge is 0.548 e. The van der Waals surface area contributed by atoms with Crippen LogP contribution >= 0.6 is 12.2 Å². The number of nitrogens with one attached hydrogen (secondary N) is 1. The van der Waals surface area contributed by atoms with Gasteiger partial charge in [0.05, 0.1) is 12.5 Å². The number of carbonyl (C=O) groups excluding carboxylic acids is 3. The summed E-state index contributed by atoms with van der Waals surface area (Å²) in [5, 5.41) is 14.2. The molecule has 0 radical (unpaired) electrons. The van der Waals surface area contributed by atoms with Crippen LogP contribution < -0.4 is 10.4 Å². The maximum atomic E-state index is 12.5. The summed E-state index contributed by atoms with van der Waals surface area (Å²) >= 11 is 5.00. The van der Waals surface area contributed by atoms with Crippen molar-refractivity contribution in [3.05, 3.63) is 41.6 Å². The number of carboxylic acid groups (broad SMARTS) is 1. The minimum Gasteiger partial charge on any atom is -0.548 e. The van der Waals surface area contributed by atoms with Crippen LogP contribution in [0.15, 0.2) is 36.0 Å². The van der Waals surface area contributed by atoms with E-state index in [0.717, 1.165) is 5.39 Å². The second kappa shape index (κ2) is 6.48. The van der Waals surface area contributed by atoms with Crippen molar-refractivity contribution in [2.24, 2.45) is 0 Å². The maximum absolute atomic E-state index is 12.5. The van der Waals surface area contributed by atoms with Crippen LogP contribution in [-0.2, 0) is 20.9 Å². The van der Waals surface area contributed by atoms with Gasteiger partial charge < -0.3 is 14.5 Å². The number of aliphatic carboxylic acids is 1. The Balaban J connectivity index is 2.11. The number of thiocarbonyl (C=S) groups is 1. The van der Waals surface area contributed by atoms with Crippen LogP contribution in [-0.4, -0.2) is 38.9 Å². The smallest absolute Gasteiger partial charge is 0.265 e. The Morgan fingerprint density at radius 2 is 2.04 bits per heavy atom. The lowest BCUT2D eigenvalue weighted by molar-refractivity contribution is -0.306. The number of likely N-dealkylation sites (N-methyl/N-ethyl adjacent to an activating group) is 1. The summed E-state index contributed by atoms with van der Waals surface area (Å²) in [6.45, 7) is 1.77. The molecule has 3 rings (SSSR count). The number of rotatable bonds is 4. The Bertz CT molecular complexity index is 945. The number of hydrogen-bond donors (Lipinski definition) is 1. The second-order valence-corrected chi connectivity index (χ2v) is 5.85. The van der Waals surface area contributed by atoms with E-state index in [-0.39, 0.29) is 17.2 Å². The quantitative estimate of drug-likeness (QED) is 0.474. The summed E-state index contributed by atoms with van der Waals surface area (Å²) in [4.78, 5) is 36.9. The molecule has 0 unspecified atom stereocenters. The molecule has 25 heavy (non-hydrogen) atoms. The molecular formula is C17H14N3O4S-. The van der Waals surface area contributed by atoms with Crippen molar-refractivity contribution in [1.82, 2.24) is 14.8 Å². The van der Waals surface area contributed by atoms with Crippen LogP contribution in [0.25, 0.3) is 17.0 Å². The summed E-state index contributed by atoms with van der Waals surface area (Å²) in [5.74, 6) is -2.28. The molecule has 0 saturated carbocycles. The topological polar surface area (TPSA) is 94.5 Å². The first-order valence-electron chi connectivity index (χ1n) is 7.59. The van der Waals surface area contributed by atoms with E-state index in [9.17, 15) is 19.5 Å². The Kier molecular flexibility index (Phi) is 4.37. The molecule has 1 aromatic carbocycles. The molecule has 8 heteroatoms. The van der Waals surface area contributed by atoms with Gasteiger partial charge in [-0.25, -0.2) is 0 Å². The molecule has 1 saturated heterocycles. The van der Waals surface area contributed by atoms with Crippen molar-refractivity contribution in [2.75, 3.05) is 6.54 Å². The molecule has 2 heterocycles. The molecule has 0 aliphatic carbocycles. The van der Waals surface area contributed by atoms with Gasteiger partial charge in [-0.15, -0.1) is 0 Å². The van der Waals surface area contributed by atoms with Crippen LogP contribution in [0.1, 0.15) is 12.5 Å². The average Bonchev–Trinajstić information content (AvgIpc) is 2.89. The van der Waals surface area contributed by atoms with Crippen LogP contribution in [0.2, 0.25) is 0 Å². The highest BCUT2D eigenvalue weighted by molar-refractivity contribution is 7.80. The van der Waals surface area contributed by atoms with E-state index in [2.05, 4.69) is 5.32 Å². The summed E-state index contributed by atoms with van der Waals surface area (Å²) in [6.07, 6.45) is 3.04. The minimum atomic E-state index is -1.23. The Hall–Kier alpha value is -3.00. The normalized spacial score (nSPS) is 16.6. The molecular weight excluding hydrogens is 342 g/mol. The first kappa shape index (κ1) is 16.8. The van der Waals surface area contributed by atoms with Crippen molar-refractivity contribution in [3.63, 3.8) is 0 Å². The standard InChI is InChI=1S/C17H15N3O4S/c1-2-20-16(24)12(15(23)18-17(20)25)7-10-8-19(9-14(21)22)13-6-4-3-5-11(10)13/h3-8H,2,9H2,1H3,(H,21,22)(H,18,23,25)/p-1/b12-7+. The molecule has 128 valence electrons. The third kappa shape index (κ3) is 3.03. The van der Waals surface area contributed by atoms with Gasteiger partial charge in [0.2, 0.25) is 0 Å². The Morgan fingerprint density at radius 3 is 2.72 bits per heavy atom. The van der Waals surface area contributed by atoms with Gasteiger partial charge in [0, 0.05) is 29.2 Å². The van der Waals surface area contributed by atoms with E-state index in [4.69, 9.17) is 12.2 Å². The van der Waals surface area contributed by atoms with Gasteiger partial charge in [-0.05, 0) is 31.3 Å². The fourth-order valence-corrected chi connectivity index (χ4v) is 3.10. The molecule has 1 aromatic heterocycles. The number of aromatic nitrogens is 1. The first-order valence-corrected chi connectivity index (χ1v) is 7.99. The first-order chi connectivity index (χ1) is 11.9. The number of carboxylic acids is 1. The predicted octanol–water partition coefficient (Wildman–Crippen LogP) is 0.0378. The van der Waals surface area contributed by atoms with Crippen molar-refractivity contribution >= 4 is 52.1 Å². The fourth-order valence-electron chi connectivity index (χ4n) is 2.80. The van der Waals surface area contributed by atoms with Gasteiger partial charge in [-0.3, -0.25) is 19.8 Å². The zero-order valence-corrected chi connectivity index (χ0v) is 14.1. The third-order valence-corrected chi connectivity index (χ3v) is 4.24. The van der Waals surface area contributed by atoms with Gasteiger partial charge in [0.15, 0.2) is 5.11 Å². The van der Waals surface area contributed by atoms with E-state index >= 15 is 0 Å². The minimum absolute atomic E-state index is 0.0493. The maximum Gasteiger partial charge on any atom is 0.265 e. The highest BCUT2D eigenvalue weighted by Gasteiger charge is 2.32. The highest BCUT2D eigenvalue weighted by atomic mass is 32.1. The monoisotopic (exact) mass is 356 g/mol. The predicted molar refractivity (Wildman–Crippen MR) is 93.0 cm³/mol. The van der Waals surface area contributed by atoms with Crippen molar-refractivity contribution in [2.45, 2.75) is 13.5 Å². The number of amides is 2. The molecule has 7 nitrogen and oxygen atoms in total. The number of para-hydroxylation sites is 1. The van der Waals surface area contributed by atoms with Gasteiger partial charge >= 0.3 is 0 Å². The number of benzene rings is 1. The molecule has 1 N–H and O–H groups in total. The number of fused-ring (bicyclic) bond motifs is 1. The van der Waals surface area contributed by atoms with Crippen LogP contribution in [0.5, 0.6) is 0 Å². The van der Waals surface area contributed by atoms with Gasteiger partial charge in [0.25, 0.3) is 11.8 Å². The van der Waals surface area contributed by atoms with Crippen LogP contribution in [0.4, 0.5) is 0 Å². The Morgan fingerprint density at radius 1 is 1.32 bits per heavy atom. The molecule has 1 fully saturated rings. The SMILES string of the molecule is CCN1C(=O)/C(=C/c2cn(CC(=O)[O-])c3ccccc23)C(=O)NC1=S. The summed E-state index contributed by atoms with van der Waals surface area (Å²) < 4.78 is 1.50. The molecule has 0 spiro atoms. The Labute approximate surface area is 148 Å². The molecule has 2 aromatic rings. The van der Waals surface area contributed by atoms with Crippen molar-refractivity contribution in [1.29, 1.82) is 0 Å².